The molecule has 0 radical (unpaired) electrons. The molecule has 106 valence electrons. The predicted molar refractivity (Wildman–Crippen MR) is 77.5 cm³/mol. The Kier molecular flexibility index (Phi) is 4.53. The van der Waals surface area contributed by atoms with E-state index >= 15 is 0 Å². The molecule has 0 aliphatic heterocycles. The lowest BCUT2D eigenvalue weighted by molar-refractivity contribution is 0.286. The van der Waals surface area contributed by atoms with Crippen molar-refractivity contribution >= 4 is 17.3 Å². The minimum Gasteiger partial charge on any atom is -0.493 e. The van der Waals surface area contributed by atoms with Gasteiger partial charge in [0.15, 0.2) is 17.2 Å². The largest absolute Gasteiger partial charge is 0.493 e. The molecule has 1 aromatic heterocycles. The van der Waals surface area contributed by atoms with Crippen molar-refractivity contribution in [3.63, 3.8) is 0 Å². The molecule has 0 fully saturated rings. The van der Waals surface area contributed by atoms with Crippen LogP contribution in [0.25, 0.3) is 0 Å². The van der Waals surface area contributed by atoms with Crippen molar-refractivity contribution in [1.82, 2.24) is 4.98 Å². The van der Waals surface area contributed by atoms with E-state index in [0.717, 1.165) is 0 Å². The summed E-state index contributed by atoms with van der Waals surface area (Å²) in [7, 11) is 3.11. The maximum atomic E-state index is 6.05. The zero-order valence-electron chi connectivity index (χ0n) is 11.2. The molecule has 2 rings (SSSR count). The lowest BCUT2D eigenvalue weighted by Gasteiger charge is -2.13. The van der Waals surface area contributed by atoms with Gasteiger partial charge in [0.25, 0.3) is 0 Å². The fourth-order valence-corrected chi connectivity index (χ4v) is 2.01. The lowest BCUT2D eigenvalue weighted by atomic mass is 10.3. The second kappa shape index (κ2) is 6.34. The summed E-state index contributed by atoms with van der Waals surface area (Å²) >= 11 is 6.05. The van der Waals surface area contributed by atoms with E-state index in [1.165, 1.54) is 0 Å². The minimum absolute atomic E-state index is 0.175. The van der Waals surface area contributed by atoms with Crippen molar-refractivity contribution in [3.8, 4) is 17.2 Å². The van der Waals surface area contributed by atoms with E-state index in [9.17, 15) is 0 Å². The number of nitrogens with two attached hydrogens (primary N) is 1. The summed E-state index contributed by atoms with van der Waals surface area (Å²) < 4.78 is 16.1. The maximum absolute atomic E-state index is 6.05. The standard InChI is InChI=1S/C14H15ClN2O3/c1-18-12-6-7-17-11(14(12)19-2)8-20-13-9(15)4-3-5-10(13)16/h3-7H,8,16H2,1-2H3. The van der Waals surface area contributed by atoms with Crippen molar-refractivity contribution in [2.45, 2.75) is 6.61 Å². The molecule has 0 atom stereocenters. The molecule has 2 aromatic rings. The Morgan fingerprint density at radius 2 is 1.95 bits per heavy atom. The number of aromatic nitrogens is 1. The van der Waals surface area contributed by atoms with E-state index in [2.05, 4.69) is 4.98 Å². The number of rotatable bonds is 5. The van der Waals surface area contributed by atoms with Crippen LogP contribution < -0.4 is 19.9 Å². The van der Waals surface area contributed by atoms with Gasteiger partial charge < -0.3 is 19.9 Å². The van der Waals surface area contributed by atoms with Crippen molar-refractivity contribution in [2.75, 3.05) is 20.0 Å². The van der Waals surface area contributed by atoms with Crippen LogP contribution in [0.1, 0.15) is 5.69 Å². The third kappa shape index (κ3) is 2.88. The molecular weight excluding hydrogens is 280 g/mol. The maximum Gasteiger partial charge on any atom is 0.185 e. The molecule has 6 heteroatoms. The summed E-state index contributed by atoms with van der Waals surface area (Å²) in [6, 6.07) is 6.90. The Hall–Kier alpha value is -2.14. The van der Waals surface area contributed by atoms with Crippen LogP contribution in [0.4, 0.5) is 5.69 Å². The molecule has 0 unspecified atom stereocenters. The zero-order valence-corrected chi connectivity index (χ0v) is 12.0. The first-order valence-electron chi connectivity index (χ1n) is 5.90. The highest BCUT2D eigenvalue weighted by molar-refractivity contribution is 6.32. The van der Waals surface area contributed by atoms with Gasteiger partial charge in [0.1, 0.15) is 12.3 Å². The Morgan fingerprint density at radius 3 is 2.60 bits per heavy atom. The average Bonchev–Trinajstić information content (AvgIpc) is 2.46. The van der Waals surface area contributed by atoms with Crippen molar-refractivity contribution < 1.29 is 14.2 Å². The number of methoxy groups -OCH3 is 2. The normalized spacial score (nSPS) is 10.2. The Bertz CT molecular complexity index is 585. The fraction of sp³-hybridized carbons (Fsp3) is 0.214. The number of hydrogen-bond donors (Lipinski definition) is 1. The highest BCUT2D eigenvalue weighted by Gasteiger charge is 2.13. The van der Waals surface area contributed by atoms with Crippen LogP contribution in [0.2, 0.25) is 5.02 Å². The quantitative estimate of drug-likeness (QED) is 0.859. The van der Waals surface area contributed by atoms with E-state index in [-0.39, 0.29) is 6.61 Å². The minimum atomic E-state index is 0.175. The van der Waals surface area contributed by atoms with Crippen LogP contribution in [-0.2, 0) is 6.61 Å². The Labute approximate surface area is 122 Å². The molecule has 1 aromatic carbocycles. The number of nitrogen functional groups attached to an aromatic ring is 1. The van der Waals surface area contributed by atoms with E-state index in [0.29, 0.717) is 33.7 Å². The highest BCUT2D eigenvalue weighted by Crippen LogP contribution is 2.33. The van der Waals surface area contributed by atoms with Crippen LogP contribution in [0.3, 0.4) is 0 Å². The number of para-hydroxylation sites is 1. The number of anilines is 1. The van der Waals surface area contributed by atoms with Crippen LogP contribution >= 0.6 is 11.6 Å². The van der Waals surface area contributed by atoms with Gasteiger partial charge in [-0.05, 0) is 12.1 Å². The van der Waals surface area contributed by atoms with Crippen LogP contribution in [0.5, 0.6) is 17.2 Å². The number of ether oxygens (including phenoxy) is 3. The summed E-state index contributed by atoms with van der Waals surface area (Å²) in [6.07, 6.45) is 1.62. The van der Waals surface area contributed by atoms with E-state index in [1.54, 1.807) is 44.7 Å². The third-order valence-electron chi connectivity index (χ3n) is 2.72. The first kappa shape index (κ1) is 14.3. The molecule has 0 aliphatic rings. The predicted octanol–water partition coefficient (Wildman–Crippen LogP) is 2.91. The summed E-state index contributed by atoms with van der Waals surface area (Å²) in [6.45, 7) is 0.175. The Morgan fingerprint density at radius 1 is 1.15 bits per heavy atom. The molecular formula is C14H15ClN2O3. The van der Waals surface area contributed by atoms with Crippen LogP contribution in [0.15, 0.2) is 30.5 Å². The monoisotopic (exact) mass is 294 g/mol. The smallest absolute Gasteiger partial charge is 0.185 e. The summed E-state index contributed by atoms with van der Waals surface area (Å²) in [4.78, 5) is 4.22. The summed E-state index contributed by atoms with van der Waals surface area (Å²) in [5, 5.41) is 0.451. The average molecular weight is 295 g/mol. The molecule has 0 saturated carbocycles. The number of benzene rings is 1. The lowest BCUT2D eigenvalue weighted by Crippen LogP contribution is -2.04. The molecule has 0 spiro atoms. The molecule has 0 bridgehead atoms. The molecule has 1 heterocycles. The molecule has 20 heavy (non-hydrogen) atoms. The molecule has 0 aliphatic carbocycles. The summed E-state index contributed by atoms with van der Waals surface area (Å²) in [5.41, 5.74) is 6.90. The van der Waals surface area contributed by atoms with Crippen LogP contribution in [0, 0.1) is 0 Å². The molecule has 0 saturated heterocycles. The van der Waals surface area contributed by atoms with Crippen LogP contribution in [-0.4, -0.2) is 19.2 Å². The van der Waals surface area contributed by atoms with Gasteiger partial charge in [-0.3, -0.25) is 4.98 Å². The SMILES string of the molecule is COc1ccnc(COc2c(N)cccc2Cl)c1OC. The van der Waals surface area contributed by atoms with Crippen molar-refractivity contribution in [2.24, 2.45) is 0 Å². The van der Waals surface area contributed by atoms with Gasteiger partial charge in [0, 0.05) is 12.3 Å². The number of hydrogen-bond acceptors (Lipinski definition) is 5. The molecule has 0 amide bonds. The van der Waals surface area contributed by atoms with Crippen molar-refractivity contribution in [1.29, 1.82) is 0 Å². The van der Waals surface area contributed by atoms with Gasteiger partial charge in [-0.25, -0.2) is 0 Å². The third-order valence-corrected chi connectivity index (χ3v) is 3.01. The van der Waals surface area contributed by atoms with E-state index < -0.39 is 0 Å². The number of nitrogens with zero attached hydrogens (tertiary/aromatic N) is 1. The number of halogens is 1. The Balaban J connectivity index is 2.23. The number of pyridine rings is 1. The van der Waals surface area contributed by atoms with Crippen molar-refractivity contribution in [3.05, 3.63) is 41.2 Å². The first-order valence-corrected chi connectivity index (χ1v) is 6.27. The second-order valence-corrected chi connectivity index (χ2v) is 4.35. The van der Waals surface area contributed by atoms with E-state index in [4.69, 9.17) is 31.5 Å². The van der Waals surface area contributed by atoms with Gasteiger partial charge in [-0.1, -0.05) is 17.7 Å². The first-order chi connectivity index (χ1) is 9.67. The van der Waals surface area contributed by atoms with Gasteiger partial charge >= 0.3 is 0 Å². The highest BCUT2D eigenvalue weighted by atomic mass is 35.5. The summed E-state index contributed by atoms with van der Waals surface area (Å²) in [5.74, 6) is 1.55. The van der Waals surface area contributed by atoms with Gasteiger partial charge in [-0.15, -0.1) is 0 Å². The molecule has 5 nitrogen and oxygen atoms in total. The molecule has 2 N–H and O–H groups in total. The van der Waals surface area contributed by atoms with Gasteiger partial charge in [0.05, 0.1) is 24.9 Å². The van der Waals surface area contributed by atoms with Gasteiger partial charge in [-0.2, -0.15) is 0 Å². The van der Waals surface area contributed by atoms with Gasteiger partial charge in [0.2, 0.25) is 0 Å². The second-order valence-electron chi connectivity index (χ2n) is 3.94. The topological polar surface area (TPSA) is 66.6 Å². The van der Waals surface area contributed by atoms with E-state index in [1.807, 2.05) is 0 Å². The fourth-order valence-electron chi connectivity index (χ4n) is 1.77. The zero-order chi connectivity index (χ0) is 14.5.